The number of halogens is 1. The molecule has 1 aromatic heterocycles. The summed E-state index contributed by atoms with van der Waals surface area (Å²) in [5, 5.41) is 3.10. The molecule has 0 bridgehead atoms. The lowest BCUT2D eigenvalue weighted by Crippen LogP contribution is -2.28. The van der Waals surface area contributed by atoms with Gasteiger partial charge in [0.15, 0.2) is 0 Å². The minimum Gasteiger partial charge on any atom is -0.357 e. The summed E-state index contributed by atoms with van der Waals surface area (Å²) in [4.78, 5) is 10.3. The van der Waals surface area contributed by atoms with Crippen LogP contribution < -0.4 is 10.2 Å². The summed E-state index contributed by atoms with van der Waals surface area (Å²) in [7, 11) is 3.97. The smallest absolute Gasteiger partial charge is 0.145 e. The van der Waals surface area contributed by atoms with Gasteiger partial charge in [-0.1, -0.05) is 0 Å². The predicted octanol–water partition coefficient (Wildman–Crippen LogP) is 0.737. The molecule has 0 unspecified atom stereocenters. The van der Waals surface area contributed by atoms with Crippen molar-refractivity contribution in [2.45, 2.75) is 0 Å². The zero-order valence-electron chi connectivity index (χ0n) is 7.79. The number of hydrogen-bond acceptors (Lipinski definition) is 4. The minimum absolute atomic E-state index is 0.948. The average Bonchev–Trinajstić information content (AvgIpc) is 2.15. The number of anilines is 1. The first kappa shape index (κ1) is 10.6. The third-order valence-corrected chi connectivity index (χ3v) is 2.47. The Morgan fingerprint density at radius 3 is 3.00 bits per heavy atom. The number of hydrogen-bond donors (Lipinski definition) is 1. The summed E-state index contributed by atoms with van der Waals surface area (Å²) in [6.45, 7) is 1.90. The third kappa shape index (κ3) is 3.07. The van der Waals surface area contributed by atoms with Crippen molar-refractivity contribution in [3.63, 3.8) is 0 Å². The van der Waals surface area contributed by atoms with Crippen molar-refractivity contribution < 1.29 is 0 Å². The fraction of sp³-hybridized carbons (Fsp3) is 0.500. The summed E-state index contributed by atoms with van der Waals surface area (Å²) in [5.41, 5.74) is 0. The molecule has 0 spiro atoms. The van der Waals surface area contributed by atoms with E-state index < -0.39 is 0 Å². The van der Waals surface area contributed by atoms with Crippen LogP contribution in [-0.2, 0) is 0 Å². The molecule has 0 fully saturated rings. The lowest BCUT2D eigenvalue weighted by Gasteiger charge is -2.18. The Morgan fingerprint density at radius 1 is 1.62 bits per heavy atom. The highest BCUT2D eigenvalue weighted by molar-refractivity contribution is 14.1. The van der Waals surface area contributed by atoms with Crippen molar-refractivity contribution in [1.82, 2.24) is 15.3 Å². The van der Waals surface area contributed by atoms with Crippen molar-refractivity contribution in [3.05, 3.63) is 16.1 Å². The Labute approximate surface area is 91.9 Å². The van der Waals surface area contributed by atoms with E-state index in [1.807, 2.05) is 20.3 Å². The molecule has 0 saturated heterocycles. The second-order valence-corrected chi connectivity index (χ2v) is 3.88. The molecule has 0 saturated carbocycles. The second-order valence-electron chi connectivity index (χ2n) is 2.72. The maximum Gasteiger partial charge on any atom is 0.145 e. The minimum atomic E-state index is 0.948. The lowest BCUT2D eigenvalue weighted by molar-refractivity contribution is 0.759. The van der Waals surface area contributed by atoms with E-state index in [2.05, 4.69) is 42.8 Å². The summed E-state index contributed by atoms with van der Waals surface area (Å²) in [6.07, 6.45) is 3.39. The average molecular weight is 292 g/mol. The molecule has 13 heavy (non-hydrogen) atoms. The van der Waals surface area contributed by atoms with Crippen molar-refractivity contribution in [2.24, 2.45) is 0 Å². The molecule has 1 rings (SSSR count). The molecule has 1 heterocycles. The monoisotopic (exact) mass is 292 g/mol. The molecule has 72 valence electrons. The van der Waals surface area contributed by atoms with Gasteiger partial charge >= 0.3 is 0 Å². The van der Waals surface area contributed by atoms with Crippen LogP contribution in [0.5, 0.6) is 0 Å². The number of nitrogens with zero attached hydrogens (tertiary/aromatic N) is 3. The van der Waals surface area contributed by atoms with Gasteiger partial charge in [-0.05, 0) is 29.6 Å². The molecule has 5 heteroatoms. The van der Waals surface area contributed by atoms with E-state index in [9.17, 15) is 0 Å². The summed E-state index contributed by atoms with van der Waals surface area (Å²) < 4.78 is 1.08. The zero-order valence-corrected chi connectivity index (χ0v) is 9.95. The van der Waals surface area contributed by atoms with Gasteiger partial charge in [0.25, 0.3) is 0 Å². The Hall–Kier alpha value is -0.430. The first-order valence-electron chi connectivity index (χ1n) is 4.07. The molecule has 1 N–H and O–H groups in total. The number of rotatable bonds is 4. The van der Waals surface area contributed by atoms with E-state index in [1.54, 1.807) is 6.33 Å². The SMILES string of the molecule is CNCCN(C)c1ncncc1I. The van der Waals surface area contributed by atoms with E-state index in [-0.39, 0.29) is 0 Å². The standard InChI is InChI=1S/C8H13IN4/c1-10-3-4-13(2)8-7(9)5-11-6-12-8/h5-6,10H,3-4H2,1-2H3. The lowest BCUT2D eigenvalue weighted by atomic mass is 10.5. The van der Waals surface area contributed by atoms with Gasteiger partial charge in [0.2, 0.25) is 0 Å². The van der Waals surface area contributed by atoms with Gasteiger partial charge in [-0.25, -0.2) is 9.97 Å². The number of aromatic nitrogens is 2. The zero-order chi connectivity index (χ0) is 9.68. The van der Waals surface area contributed by atoms with Crippen molar-refractivity contribution in [2.75, 3.05) is 32.1 Å². The van der Waals surface area contributed by atoms with Crippen LogP contribution in [0.1, 0.15) is 0 Å². The van der Waals surface area contributed by atoms with E-state index >= 15 is 0 Å². The largest absolute Gasteiger partial charge is 0.357 e. The molecular formula is C8H13IN4. The third-order valence-electron chi connectivity index (χ3n) is 1.71. The first-order chi connectivity index (χ1) is 6.25. The van der Waals surface area contributed by atoms with Crippen LogP contribution >= 0.6 is 22.6 Å². The highest BCUT2D eigenvalue weighted by atomic mass is 127. The van der Waals surface area contributed by atoms with E-state index in [0.29, 0.717) is 0 Å². The Morgan fingerprint density at radius 2 is 2.38 bits per heavy atom. The van der Waals surface area contributed by atoms with Gasteiger partial charge in [0.1, 0.15) is 12.1 Å². The quantitative estimate of drug-likeness (QED) is 0.831. The summed E-state index contributed by atoms with van der Waals surface area (Å²) >= 11 is 2.24. The van der Waals surface area contributed by atoms with Gasteiger partial charge in [-0.2, -0.15) is 0 Å². The first-order valence-corrected chi connectivity index (χ1v) is 5.15. The maximum absolute atomic E-state index is 4.21. The van der Waals surface area contributed by atoms with Gasteiger partial charge in [0.05, 0.1) is 3.57 Å². The summed E-state index contributed by atoms with van der Waals surface area (Å²) in [5.74, 6) is 0.992. The van der Waals surface area contributed by atoms with Crippen LogP contribution in [0.3, 0.4) is 0 Å². The molecular weight excluding hydrogens is 279 g/mol. The fourth-order valence-electron chi connectivity index (χ4n) is 0.972. The molecule has 1 aromatic rings. The van der Waals surface area contributed by atoms with E-state index in [0.717, 1.165) is 22.5 Å². The topological polar surface area (TPSA) is 41.0 Å². The molecule has 0 amide bonds. The van der Waals surface area contributed by atoms with Crippen molar-refractivity contribution >= 4 is 28.4 Å². The Kier molecular flexibility index (Phi) is 4.37. The molecule has 0 radical (unpaired) electrons. The fourth-order valence-corrected chi connectivity index (χ4v) is 1.68. The van der Waals surface area contributed by atoms with Gasteiger partial charge in [-0.15, -0.1) is 0 Å². The van der Waals surface area contributed by atoms with Gasteiger partial charge in [0, 0.05) is 26.3 Å². The highest BCUT2D eigenvalue weighted by Gasteiger charge is 2.05. The number of nitrogens with one attached hydrogen (secondary N) is 1. The maximum atomic E-state index is 4.21. The summed E-state index contributed by atoms with van der Waals surface area (Å²) in [6, 6.07) is 0. The molecule has 0 aliphatic carbocycles. The molecule has 4 nitrogen and oxygen atoms in total. The number of likely N-dealkylation sites (N-methyl/N-ethyl adjacent to an activating group) is 2. The van der Waals surface area contributed by atoms with Crippen LogP contribution in [0.15, 0.2) is 12.5 Å². The van der Waals surface area contributed by atoms with Crippen LogP contribution in [0, 0.1) is 3.57 Å². The van der Waals surface area contributed by atoms with Gasteiger partial charge < -0.3 is 10.2 Å². The molecule has 0 aliphatic heterocycles. The van der Waals surface area contributed by atoms with Crippen LogP contribution in [-0.4, -0.2) is 37.2 Å². The van der Waals surface area contributed by atoms with Crippen molar-refractivity contribution in [3.8, 4) is 0 Å². The van der Waals surface area contributed by atoms with E-state index in [4.69, 9.17) is 0 Å². The van der Waals surface area contributed by atoms with Crippen LogP contribution in [0.4, 0.5) is 5.82 Å². The molecule has 0 atom stereocenters. The Balaban J connectivity index is 2.65. The van der Waals surface area contributed by atoms with Crippen molar-refractivity contribution in [1.29, 1.82) is 0 Å². The normalized spacial score (nSPS) is 10.1. The molecule has 0 aromatic carbocycles. The van der Waals surface area contributed by atoms with Crippen LogP contribution in [0.2, 0.25) is 0 Å². The predicted molar refractivity (Wildman–Crippen MR) is 61.9 cm³/mol. The highest BCUT2D eigenvalue weighted by Crippen LogP contribution is 2.15. The van der Waals surface area contributed by atoms with E-state index in [1.165, 1.54) is 0 Å². The second kappa shape index (κ2) is 5.33. The van der Waals surface area contributed by atoms with Gasteiger partial charge in [-0.3, -0.25) is 0 Å². The van der Waals surface area contributed by atoms with Crippen LogP contribution in [0.25, 0.3) is 0 Å². The Bertz CT molecular complexity index is 266. The molecule has 0 aliphatic rings.